The molecule has 0 aliphatic carbocycles. The van der Waals surface area contributed by atoms with Gasteiger partial charge in [0, 0.05) is 19.3 Å². The number of carbonyl (C=O) groups excluding carboxylic acids is 2. The maximum Gasteiger partial charge on any atom is 0.226 e. The summed E-state index contributed by atoms with van der Waals surface area (Å²) in [5.74, 6) is 0.180. The summed E-state index contributed by atoms with van der Waals surface area (Å²) in [5.41, 5.74) is 0. The fourth-order valence-corrected chi connectivity index (χ4v) is 3.71. The van der Waals surface area contributed by atoms with Crippen molar-refractivity contribution >= 4 is 51.1 Å². The third kappa shape index (κ3) is 5.15. The van der Waals surface area contributed by atoms with Crippen LogP contribution in [0.4, 0.5) is 5.13 Å². The zero-order valence-electron chi connectivity index (χ0n) is 12.3. The van der Waals surface area contributed by atoms with Gasteiger partial charge in [-0.2, -0.15) is 0 Å². The Bertz CT molecular complexity index is 667. The normalized spacial score (nSPS) is 10.9. The van der Waals surface area contributed by atoms with Gasteiger partial charge in [-0.3, -0.25) is 9.59 Å². The number of nitrogens with one attached hydrogen (secondary N) is 1. The SMILES string of the molecule is CC(C)Cc1nnc(NC(=O)CCC(=O)c2ccc(Cl)s2)s1. The van der Waals surface area contributed by atoms with Crippen LogP contribution in [-0.2, 0) is 11.2 Å². The molecule has 0 saturated heterocycles. The molecule has 2 heterocycles. The van der Waals surface area contributed by atoms with Crippen LogP contribution in [-0.4, -0.2) is 21.9 Å². The van der Waals surface area contributed by atoms with Crippen molar-refractivity contribution in [3.63, 3.8) is 0 Å². The highest BCUT2D eigenvalue weighted by molar-refractivity contribution is 7.18. The Balaban J connectivity index is 1.80. The third-order valence-corrected chi connectivity index (χ3v) is 4.86. The summed E-state index contributed by atoms with van der Waals surface area (Å²) >= 11 is 8.38. The molecule has 0 aliphatic rings. The molecule has 0 atom stereocenters. The van der Waals surface area contributed by atoms with Gasteiger partial charge >= 0.3 is 0 Å². The standard InChI is InChI=1S/C14H16ClN3O2S2/c1-8(2)7-13-17-18-14(22-13)16-12(20)6-3-9(19)10-4-5-11(15)21-10/h4-5,8H,3,6-7H2,1-2H3,(H,16,18,20). The number of Topliss-reactive ketones (excluding diaryl/α,β-unsaturated/α-hetero) is 1. The van der Waals surface area contributed by atoms with Gasteiger partial charge in [-0.25, -0.2) is 0 Å². The average Bonchev–Trinajstić information content (AvgIpc) is 3.05. The average molecular weight is 358 g/mol. The van der Waals surface area contributed by atoms with Crippen LogP contribution in [0.1, 0.15) is 41.4 Å². The summed E-state index contributed by atoms with van der Waals surface area (Å²) in [4.78, 5) is 24.3. The molecule has 8 heteroatoms. The number of aromatic nitrogens is 2. The maximum absolute atomic E-state index is 11.9. The Morgan fingerprint density at radius 3 is 2.64 bits per heavy atom. The zero-order chi connectivity index (χ0) is 16.1. The van der Waals surface area contributed by atoms with Gasteiger partial charge in [0.15, 0.2) is 5.78 Å². The van der Waals surface area contributed by atoms with E-state index in [1.165, 1.54) is 22.7 Å². The molecule has 2 aromatic rings. The first kappa shape index (κ1) is 17.1. The molecule has 0 fully saturated rings. The molecular formula is C14H16ClN3O2S2. The van der Waals surface area contributed by atoms with E-state index in [9.17, 15) is 9.59 Å². The van der Waals surface area contributed by atoms with Crippen LogP contribution in [0.5, 0.6) is 0 Å². The first-order chi connectivity index (χ1) is 10.4. The largest absolute Gasteiger partial charge is 0.301 e. The van der Waals surface area contributed by atoms with Crippen LogP contribution < -0.4 is 5.32 Å². The van der Waals surface area contributed by atoms with Gasteiger partial charge < -0.3 is 5.32 Å². The Morgan fingerprint density at radius 1 is 1.23 bits per heavy atom. The third-order valence-electron chi connectivity index (χ3n) is 2.72. The topological polar surface area (TPSA) is 72.0 Å². The summed E-state index contributed by atoms with van der Waals surface area (Å²) in [6, 6.07) is 3.35. The fourth-order valence-electron chi connectivity index (χ4n) is 1.73. The first-order valence-corrected chi connectivity index (χ1v) is 8.86. The molecule has 0 radical (unpaired) electrons. The molecule has 0 bridgehead atoms. The lowest BCUT2D eigenvalue weighted by atomic mass is 10.1. The second-order valence-electron chi connectivity index (χ2n) is 5.17. The van der Waals surface area contributed by atoms with Crippen LogP contribution in [0.15, 0.2) is 12.1 Å². The molecule has 2 rings (SSSR count). The molecule has 1 amide bonds. The number of anilines is 1. The van der Waals surface area contributed by atoms with Crippen molar-refractivity contribution in [2.75, 3.05) is 5.32 Å². The summed E-state index contributed by atoms with van der Waals surface area (Å²) in [7, 11) is 0. The van der Waals surface area contributed by atoms with Gasteiger partial charge in [-0.1, -0.05) is 36.8 Å². The number of nitrogens with zero attached hydrogens (tertiary/aromatic N) is 2. The van der Waals surface area contributed by atoms with Crippen molar-refractivity contribution in [3.8, 4) is 0 Å². The Kier molecular flexibility index (Phi) is 6.05. The van der Waals surface area contributed by atoms with E-state index >= 15 is 0 Å². The fraction of sp³-hybridized carbons (Fsp3) is 0.429. The van der Waals surface area contributed by atoms with Gasteiger partial charge in [0.05, 0.1) is 9.21 Å². The molecule has 1 N–H and O–H groups in total. The van der Waals surface area contributed by atoms with Crippen LogP contribution in [0.2, 0.25) is 4.34 Å². The Labute approximate surface area is 141 Å². The van der Waals surface area contributed by atoms with E-state index in [0.717, 1.165) is 11.4 Å². The van der Waals surface area contributed by atoms with Gasteiger partial charge in [0.25, 0.3) is 0 Å². The van der Waals surface area contributed by atoms with Gasteiger partial charge in [0.2, 0.25) is 11.0 Å². The van der Waals surface area contributed by atoms with Crippen LogP contribution in [0, 0.1) is 5.92 Å². The quantitative estimate of drug-likeness (QED) is 0.758. The van der Waals surface area contributed by atoms with E-state index in [-0.39, 0.29) is 24.5 Å². The molecule has 5 nitrogen and oxygen atoms in total. The van der Waals surface area contributed by atoms with Crippen molar-refractivity contribution in [1.82, 2.24) is 10.2 Å². The van der Waals surface area contributed by atoms with E-state index in [1.54, 1.807) is 12.1 Å². The monoisotopic (exact) mass is 357 g/mol. The summed E-state index contributed by atoms with van der Waals surface area (Å²) in [6.45, 7) is 4.20. The van der Waals surface area contributed by atoms with Crippen molar-refractivity contribution in [2.45, 2.75) is 33.1 Å². The second-order valence-corrected chi connectivity index (χ2v) is 7.95. The summed E-state index contributed by atoms with van der Waals surface area (Å²) in [5, 5.41) is 12.0. The number of halogens is 1. The van der Waals surface area contributed by atoms with Crippen molar-refractivity contribution in [2.24, 2.45) is 5.92 Å². The lowest BCUT2D eigenvalue weighted by Crippen LogP contribution is -2.13. The van der Waals surface area contributed by atoms with Gasteiger partial charge in [-0.15, -0.1) is 21.5 Å². The predicted octanol–water partition coefficient (Wildman–Crippen LogP) is 4.05. The van der Waals surface area contributed by atoms with Crippen LogP contribution in [0.3, 0.4) is 0 Å². The summed E-state index contributed by atoms with van der Waals surface area (Å²) < 4.78 is 0.569. The number of carbonyl (C=O) groups is 2. The number of hydrogen-bond acceptors (Lipinski definition) is 6. The minimum atomic E-state index is -0.233. The second kappa shape index (κ2) is 7.80. The van der Waals surface area contributed by atoms with Crippen LogP contribution in [0.25, 0.3) is 0 Å². The highest BCUT2D eigenvalue weighted by atomic mass is 35.5. The number of amides is 1. The van der Waals surface area contributed by atoms with Crippen molar-refractivity contribution < 1.29 is 9.59 Å². The minimum absolute atomic E-state index is 0.0789. The Morgan fingerprint density at radius 2 is 2.00 bits per heavy atom. The predicted molar refractivity (Wildman–Crippen MR) is 90.0 cm³/mol. The zero-order valence-corrected chi connectivity index (χ0v) is 14.6. The van der Waals surface area contributed by atoms with Crippen molar-refractivity contribution in [1.29, 1.82) is 0 Å². The summed E-state index contributed by atoms with van der Waals surface area (Å²) in [6.07, 6.45) is 1.11. The van der Waals surface area contributed by atoms with Crippen molar-refractivity contribution in [3.05, 3.63) is 26.4 Å². The molecule has 0 unspecified atom stereocenters. The van der Waals surface area contributed by atoms with E-state index in [4.69, 9.17) is 11.6 Å². The lowest BCUT2D eigenvalue weighted by Gasteiger charge is -2.00. The molecule has 0 spiro atoms. The molecule has 2 aromatic heterocycles. The lowest BCUT2D eigenvalue weighted by molar-refractivity contribution is -0.116. The molecule has 0 saturated carbocycles. The highest BCUT2D eigenvalue weighted by Gasteiger charge is 2.13. The number of rotatable bonds is 7. The van der Waals surface area contributed by atoms with Gasteiger partial charge in [0.1, 0.15) is 5.01 Å². The maximum atomic E-state index is 11.9. The molecular weight excluding hydrogens is 342 g/mol. The molecule has 118 valence electrons. The van der Waals surface area contributed by atoms with E-state index in [0.29, 0.717) is 20.3 Å². The smallest absolute Gasteiger partial charge is 0.226 e. The number of thiophene rings is 1. The van der Waals surface area contributed by atoms with E-state index in [1.807, 2.05) is 0 Å². The minimum Gasteiger partial charge on any atom is -0.301 e. The van der Waals surface area contributed by atoms with E-state index < -0.39 is 0 Å². The Hall–Kier alpha value is -1.31. The molecule has 0 aliphatic heterocycles. The van der Waals surface area contributed by atoms with Crippen LogP contribution >= 0.6 is 34.3 Å². The highest BCUT2D eigenvalue weighted by Crippen LogP contribution is 2.23. The number of ketones is 1. The van der Waals surface area contributed by atoms with E-state index in [2.05, 4.69) is 29.4 Å². The first-order valence-electron chi connectivity index (χ1n) is 6.85. The number of hydrogen-bond donors (Lipinski definition) is 1. The molecule has 22 heavy (non-hydrogen) atoms. The van der Waals surface area contributed by atoms with Gasteiger partial charge in [-0.05, 0) is 18.1 Å². The molecule has 0 aromatic carbocycles.